The highest BCUT2D eigenvalue weighted by Gasteiger charge is 2.05. The summed E-state index contributed by atoms with van der Waals surface area (Å²) in [6, 6.07) is 8.08. The summed E-state index contributed by atoms with van der Waals surface area (Å²) in [5, 5.41) is 10.1. The largest absolute Gasteiger partial charge is 0.396 e. The molecule has 3 nitrogen and oxygen atoms in total. The quantitative estimate of drug-likeness (QED) is 0.900. The van der Waals surface area contributed by atoms with E-state index in [4.69, 9.17) is 5.11 Å². The van der Waals surface area contributed by atoms with Gasteiger partial charge in [-0.05, 0) is 24.7 Å². The average Bonchev–Trinajstić information content (AvgIpc) is 2.38. The van der Waals surface area contributed by atoms with Gasteiger partial charge in [-0.1, -0.05) is 25.1 Å². The summed E-state index contributed by atoms with van der Waals surface area (Å²) >= 11 is 1.77. The molecule has 18 heavy (non-hydrogen) atoms. The highest BCUT2D eigenvalue weighted by atomic mass is 32.2. The van der Waals surface area contributed by atoms with Crippen molar-refractivity contribution in [2.24, 2.45) is 5.92 Å². The predicted octanol–water partition coefficient (Wildman–Crippen LogP) is 2.80. The van der Waals surface area contributed by atoms with E-state index in [1.165, 1.54) is 0 Å². The van der Waals surface area contributed by atoms with Crippen molar-refractivity contribution in [2.75, 3.05) is 12.4 Å². The molecule has 0 aliphatic heterocycles. The maximum absolute atomic E-state index is 8.97. The van der Waals surface area contributed by atoms with Gasteiger partial charge >= 0.3 is 0 Å². The Balaban J connectivity index is 2.10. The number of aliphatic hydroxyl groups excluding tert-OH is 1. The van der Waals surface area contributed by atoms with Crippen LogP contribution in [0.1, 0.15) is 18.4 Å². The molecule has 4 heteroatoms. The van der Waals surface area contributed by atoms with Crippen molar-refractivity contribution in [1.82, 2.24) is 9.97 Å². The summed E-state index contributed by atoms with van der Waals surface area (Å²) in [7, 11) is 0. The Morgan fingerprint density at radius 1 is 1.28 bits per heavy atom. The van der Waals surface area contributed by atoms with Gasteiger partial charge in [0.25, 0.3) is 0 Å². The van der Waals surface area contributed by atoms with Crippen molar-refractivity contribution >= 4 is 22.7 Å². The normalized spacial score (nSPS) is 12.8. The molecule has 0 aliphatic carbocycles. The lowest BCUT2D eigenvalue weighted by atomic mass is 10.2. The third kappa shape index (κ3) is 3.21. The predicted molar refractivity (Wildman–Crippen MR) is 76.7 cm³/mol. The van der Waals surface area contributed by atoms with Gasteiger partial charge in [-0.25, -0.2) is 9.97 Å². The fraction of sp³-hybridized carbons (Fsp3) is 0.429. The van der Waals surface area contributed by atoms with Crippen LogP contribution in [0.25, 0.3) is 10.9 Å². The van der Waals surface area contributed by atoms with Crippen molar-refractivity contribution in [3.63, 3.8) is 0 Å². The van der Waals surface area contributed by atoms with E-state index in [-0.39, 0.29) is 6.61 Å². The summed E-state index contributed by atoms with van der Waals surface area (Å²) in [4.78, 5) is 9.09. The molecule has 0 fully saturated rings. The first-order chi connectivity index (χ1) is 8.70. The minimum absolute atomic E-state index is 0.241. The Morgan fingerprint density at radius 3 is 2.83 bits per heavy atom. The molecule has 2 rings (SSSR count). The van der Waals surface area contributed by atoms with Crippen LogP contribution < -0.4 is 0 Å². The third-order valence-electron chi connectivity index (χ3n) is 2.79. The van der Waals surface area contributed by atoms with Crippen molar-refractivity contribution < 1.29 is 5.11 Å². The topological polar surface area (TPSA) is 46.0 Å². The number of rotatable bonds is 5. The molecular weight excluding hydrogens is 244 g/mol. The van der Waals surface area contributed by atoms with Crippen molar-refractivity contribution in [3.8, 4) is 0 Å². The van der Waals surface area contributed by atoms with Gasteiger partial charge in [0.05, 0.1) is 11.3 Å². The fourth-order valence-electron chi connectivity index (χ4n) is 1.76. The summed E-state index contributed by atoms with van der Waals surface area (Å²) in [5.41, 5.74) is 2.04. The zero-order valence-corrected chi connectivity index (χ0v) is 11.6. The summed E-state index contributed by atoms with van der Waals surface area (Å²) in [6.07, 6.45) is 0. The van der Waals surface area contributed by atoms with Gasteiger partial charge < -0.3 is 5.11 Å². The monoisotopic (exact) mass is 262 g/mol. The lowest BCUT2D eigenvalue weighted by Gasteiger charge is -2.08. The van der Waals surface area contributed by atoms with E-state index >= 15 is 0 Å². The second kappa shape index (κ2) is 6.16. The van der Waals surface area contributed by atoms with Crippen molar-refractivity contribution in [2.45, 2.75) is 19.6 Å². The number of hydrogen-bond donors (Lipinski definition) is 1. The van der Waals surface area contributed by atoms with E-state index in [0.717, 1.165) is 33.9 Å². The van der Waals surface area contributed by atoms with Crippen LogP contribution in [0.15, 0.2) is 24.3 Å². The van der Waals surface area contributed by atoms with E-state index in [0.29, 0.717) is 5.92 Å². The van der Waals surface area contributed by atoms with E-state index < -0.39 is 0 Å². The van der Waals surface area contributed by atoms with Gasteiger partial charge in [-0.15, -0.1) is 0 Å². The number of benzene rings is 1. The van der Waals surface area contributed by atoms with Gasteiger partial charge in [0, 0.05) is 17.7 Å². The molecule has 2 aromatic rings. The molecule has 0 unspecified atom stereocenters. The average molecular weight is 262 g/mol. The van der Waals surface area contributed by atoms with Gasteiger partial charge in [0.1, 0.15) is 5.82 Å². The van der Waals surface area contributed by atoms with E-state index in [9.17, 15) is 0 Å². The molecule has 1 heterocycles. The second-order valence-corrected chi connectivity index (χ2v) is 5.58. The van der Waals surface area contributed by atoms with Crippen molar-refractivity contribution in [3.05, 3.63) is 35.8 Å². The first-order valence-corrected chi connectivity index (χ1v) is 7.27. The molecule has 0 spiro atoms. The first-order valence-electron chi connectivity index (χ1n) is 6.11. The number of aliphatic hydroxyl groups is 1. The van der Waals surface area contributed by atoms with Crippen LogP contribution in [-0.2, 0) is 5.75 Å². The third-order valence-corrected chi connectivity index (χ3v) is 4.05. The Hall–Kier alpha value is -1.13. The molecule has 1 aromatic heterocycles. The minimum atomic E-state index is 0.241. The van der Waals surface area contributed by atoms with Crippen LogP contribution in [0.4, 0.5) is 0 Å². The van der Waals surface area contributed by atoms with Crippen LogP contribution in [-0.4, -0.2) is 27.4 Å². The van der Waals surface area contributed by atoms with Gasteiger partial charge in [0.15, 0.2) is 0 Å². The molecule has 1 N–H and O–H groups in total. The van der Waals surface area contributed by atoms with Gasteiger partial charge in [-0.3, -0.25) is 0 Å². The molecule has 0 aliphatic rings. The molecule has 0 amide bonds. The number of fused-ring (bicyclic) bond motifs is 1. The molecule has 0 saturated carbocycles. The first kappa shape index (κ1) is 13.3. The Bertz CT molecular complexity index is 530. The fourth-order valence-corrected chi connectivity index (χ4v) is 2.70. The number of para-hydroxylation sites is 1. The Labute approximate surface area is 112 Å². The van der Waals surface area contributed by atoms with Crippen LogP contribution in [0.2, 0.25) is 0 Å². The van der Waals surface area contributed by atoms with E-state index in [1.54, 1.807) is 11.8 Å². The Kier molecular flexibility index (Phi) is 4.55. The summed E-state index contributed by atoms with van der Waals surface area (Å²) in [6.45, 7) is 4.30. The van der Waals surface area contributed by atoms with Crippen LogP contribution in [0.3, 0.4) is 0 Å². The number of thioether (sulfide) groups is 1. The SMILES string of the molecule is Cc1nc(CSC[C@H](C)CO)nc2ccccc12. The molecule has 0 radical (unpaired) electrons. The Morgan fingerprint density at radius 2 is 2.06 bits per heavy atom. The maximum atomic E-state index is 8.97. The van der Waals surface area contributed by atoms with E-state index in [1.807, 2.05) is 32.0 Å². The van der Waals surface area contributed by atoms with E-state index in [2.05, 4.69) is 16.0 Å². The number of hydrogen-bond acceptors (Lipinski definition) is 4. The highest BCUT2D eigenvalue weighted by Crippen LogP contribution is 2.18. The van der Waals surface area contributed by atoms with Crippen molar-refractivity contribution in [1.29, 1.82) is 0 Å². The smallest absolute Gasteiger partial charge is 0.139 e. The molecule has 96 valence electrons. The van der Waals surface area contributed by atoms with Gasteiger partial charge in [-0.2, -0.15) is 11.8 Å². The van der Waals surface area contributed by atoms with Crippen LogP contribution >= 0.6 is 11.8 Å². The van der Waals surface area contributed by atoms with Crippen LogP contribution in [0.5, 0.6) is 0 Å². The minimum Gasteiger partial charge on any atom is -0.396 e. The van der Waals surface area contributed by atoms with Crippen LogP contribution in [0, 0.1) is 12.8 Å². The maximum Gasteiger partial charge on any atom is 0.139 e. The molecule has 0 bridgehead atoms. The molecular formula is C14H18N2OS. The molecule has 1 aromatic carbocycles. The van der Waals surface area contributed by atoms with Gasteiger partial charge in [0.2, 0.25) is 0 Å². The summed E-state index contributed by atoms with van der Waals surface area (Å²) in [5.74, 6) is 2.94. The number of aromatic nitrogens is 2. The lowest BCUT2D eigenvalue weighted by Crippen LogP contribution is -2.04. The molecule has 1 atom stereocenters. The second-order valence-electron chi connectivity index (χ2n) is 4.55. The lowest BCUT2D eigenvalue weighted by molar-refractivity contribution is 0.250. The molecule has 0 saturated heterocycles. The standard InChI is InChI=1S/C14H18N2OS/c1-10(7-17)8-18-9-14-15-11(2)12-5-3-4-6-13(12)16-14/h3-6,10,17H,7-9H2,1-2H3/t10-/m1/s1. The zero-order valence-electron chi connectivity index (χ0n) is 10.8. The zero-order chi connectivity index (χ0) is 13.0. The number of nitrogens with zero attached hydrogens (tertiary/aromatic N) is 2. The number of aryl methyl sites for hydroxylation is 1. The summed E-state index contributed by atoms with van der Waals surface area (Å²) < 4.78 is 0. The highest BCUT2D eigenvalue weighted by molar-refractivity contribution is 7.98.